The molecule has 0 saturated heterocycles. The number of nitrogens with zero attached hydrogens (tertiary/aromatic N) is 4. The van der Waals surface area contributed by atoms with Gasteiger partial charge in [0, 0.05) is 33.5 Å². The third-order valence-corrected chi connectivity index (χ3v) is 4.67. The predicted molar refractivity (Wildman–Crippen MR) is 131 cm³/mol. The molecule has 12 heteroatoms. The molecule has 6 N–H and O–H groups in total. The molecule has 2 amide bonds. The topological polar surface area (TPSA) is 151 Å². The van der Waals surface area contributed by atoms with Gasteiger partial charge in [-0.05, 0) is 39.1 Å². The summed E-state index contributed by atoms with van der Waals surface area (Å²) in [6.07, 6.45) is 3.20. The summed E-state index contributed by atoms with van der Waals surface area (Å²) in [6.45, 7) is 9.33. The fraction of sp³-hybridized carbons (Fsp3) is 0.409. The monoisotopic (exact) mass is 474 g/mol. The van der Waals surface area contributed by atoms with Gasteiger partial charge in [0.1, 0.15) is 17.1 Å². The molecule has 0 radical (unpaired) electrons. The van der Waals surface area contributed by atoms with Crippen molar-refractivity contribution in [1.82, 2.24) is 19.5 Å². The van der Waals surface area contributed by atoms with Gasteiger partial charge < -0.3 is 34.9 Å². The number of amidine groups is 1. The van der Waals surface area contributed by atoms with Crippen molar-refractivity contribution >= 4 is 29.2 Å². The zero-order chi connectivity index (χ0) is 25.6. The number of primary amides is 1. The van der Waals surface area contributed by atoms with Gasteiger partial charge in [-0.2, -0.15) is 5.10 Å². The fourth-order valence-electron chi connectivity index (χ4n) is 2.98. The van der Waals surface area contributed by atoms with Crippen molar-refractivity contribution in [3.8, 4) is 0 Å². The Balaban J connectivity index is 2.08. The lowest BCUT2D eigenvalue weighted by Crippen LogP contribution is -2.31. The molecule has 0 aliphatic carbocycles. The molecular weight excluding hydrogens is 440 g/mol. The van der Waals surface area contributed by atoms with Crippen LogP contribution in [0, 0.1) is 0 Å². The molecule has 0 aliphatic heterocycles. The van der Waals surface area contributed by atoms with Gasteiger partial charge in [-0.25, -0.2) is 4.79 Å². The van der Waals surface area contributed by atoms with Crippen LogP contribution in [0.2, 0.25) is 0 Å². The van der Waals surface area contributed by atoms with Gasteiger partial charge in [-0.15, -0.1) is 0 Å². The second-order valence-corrected chi connectivity index (χ2v) is 8.69. The highest BCUT2D eigenvalue weighted by molar-refractivity contribution is 5.93. The Morgan fingerprint density at radius 3 is 2.47 bits per heavy atom. The van der Waals surface area contributed by atoms with E-state index in [9.17, 15) is 14.7 Å². The summed E-state index contributed by atoms with van der Waals surface area (Å²) in [7, 11) is 5.21. The highest BCUT2D eigenvalue weighted by Crippen LogP contribution is 2.19. The van der Waals surface area contributed by atoms with E-state index in [0.717, 1.165) is 0 Å². The number of aryl methyl sites for hydroxylation is 2. The Morgan fingerprint density at radius 1 is 1.26 bits per heavy atom. The van der Waals surface area contributed by atoms with Crippen LogP contribution in [0.15, 0.2) is 42.4 Å². The molecule has 1 atom stereocenters. The second-order valence-electron chi connectivity index (χ2n) is 8.69. The molecule has 2 aromatic rings. The third kappa shape index (κ3) is 7.30. The Labute approximate surface area is 199 Å². The summed E-state index contributed by atoms with van der Waals surface area (Å²) >= 11 is 0. The molecule has 34 heavy (non-hydrogen) atoms. The van der Waals surface area contributed by atoms with E-state index in [0.29, 0.717) is 28.6 Å². The number of likely N-dealkylation sites (N-methyl/N-ethyl adjacent to an activating group) is 1. The minimum Gasteiger partial charge on any atom is -0.444 e. The number of carbonyl (C=O) groups excluding carboxylic acids is 2. The Kier molecular flexibility index (Phi) is 8.36. The zero-order valence-electron chi connectivity index (χ0n) is 20.4. The normalized spacial score (nSPS) is 12.6. The maximum Gasteiger partial charge on any atom is 0.412 e. The van der Waals surface area contributed by atoms with E-state index in [-0.39, 0.29) is 6.54 Å². The van der Waals surface area contributed by atoms with Crippen LogP contribution in [-0.4, -0.2) is 56.2 Å². The van der Waals surface area contributed by atoms with Crippen LogP contribution >= 0.6 is 0 Å². The number of nitrogens with two attached hydrogens (primary N) is 1. The lowest BCUT2D eigenvalue weighted by Gasteiger charge is -2.19. The van der Waals surface area contributed by atoms with E-state index in [2.05, 4.69) is 27.7 Å². The average molecular weight is 475 g/mol. The molecule has 186 valence electrons. The molecule has 12 nitrogen and oxygen atoms in total. The average Bonchev–Trinajstić information content (AvgIpc) is 3.27. The molecule has 0 bridgehead atoms. The number of rotatable bonds is 9. The van der Waals surface area contributed by atoms with Crippen LogP contribution in [0.3, 0.4) is 0 Å². The minimum atomic E-state index is -1.16. The van der Waals surface area contributed by atoms with Gasteiger partial charge >= 0.3 is 6.09 Å². The van der Waals surface area contributed by atoms with Crippen molar-refractivity contribution in [2.45, 2.75) is 32.6 Å². The standard InChI is InChI=1S/C22H34N8O4/c1-8-28(5)18(11-24-14-9-16(19(23)31)29(6)12-14)26-27-20(32)17-10-15(13-30(17)7)25-21(33)34-22(2,3)4/h8-10,12-13,20,24,27,32H,1,11H2,2-7H3,(H2,23,31)(H,25,33)/b26-18-. The van der Waals surface area contributed by atoms with Crippen molar-refractivity contribution < 1.29 is 19.4 Å². The lowest BCUT2D eigenvalue weighted by atomic mass is 10.2. The third-order valence-electron chi connectivity index (χ3n) is 4.67. The van der Waals surface area contributed by atoms with Gasteiger partial charge in [-0.3, -0.25) is 15.5 Å². The summed E-state index contributed by atoms with van der Waals surface area (Å²) in [5.74, 6) is -0.0135. The molecule has 0 spiro atoms. The van der Waals surface area contributed by atoms with Gasteiger partial charge in [0.2, 0.25) is 0 Å². The largest absolute Gasteiger partial charge is 0.444 e. The molecule has 2 rings (SSSR count). The lowest BCUT2D eigenvalue weighted by molar-refractivity contribution is 0.0635. The number of aliphatic hydroxyl groups excluding tert-OH is 1. The van der Waals surface area contributed by atoms with Crippen LogP contribution in [0.25, 0.3) is 0 Å². The highest BCUT2D eigenvalue weighted by atomic mass is 16.6. The molecule has 0 aliphatic rings. The van der Waals surface area contributed by atoms with Crippen LogP contribution in [-0.2, 0) is 18.8 Å². The van der Waals surface area contributed by atoms with Gasteiger partial charge in [-0.1, -0.05) is 6.58 Å². The molecule has 1 unspecified atom stereocenters. The number of aromatic nitrogens is 2. The zero-order valence-corrected chi connectivity index (χ0v) is 20.4. The number of aliphatic hydroxyl groups is 1. The maximum absolute atomic E-state index is 12.0. The Morgan fingerprint density at radius 2 is 1.91 bits per heavy atom. The van der Waals surface area contributed by atoms with E-state index in [1.165, 1.54) is 0 Å². The van der Waals surface area contributed by atoms with E-state index in [1.54, 1.807) is 86.7 Å². The molecule has 0 fully saturated rings. The predicted octanol–water partition coefficient (Wildman–Crippen LogP) is 1.89. The second kappa shape index (κ2) is 10.8. The Hall–Kier alpha value is -3.93. The van der Waals surface area contributed by atoms with Crippen LogP contribution < -0.4 is 21.8 Å². The van der Waals surface area contributed by atoms with Crippen LogP contribution in [0.4, 0.5) is 16.2 Å². The number of hydrogen-bond acceptors (Lipinski definition) is 7. The van der Waals surface area contributed by atoms with E-state index >= 15 is 0 Å². The number of carbonyl (C=O) groups is 2. The number of ether oxygens (including phenoxy) is 1. The quantitative estimate of drug-likeness (QED) is 0.161. The molecule has 2 aromatic heterocycles. The van der Waals surface area contributed by atoms with E-state index < -0.39 is 23.8 Å². The molecule has 0 saturated carbocycles. The summed E-state index contributed by atoms with van der Waals surface area (Å²) in [6, 6.07) is 3.25. The van der Waals surface area contributed by atoms with Gasteiger partial charge in [0.25, 0.3) is 5.91 Å². The summed E-state index contributed by atoms with van der Waals surface area (Å²) in [5, 5.41) is 20.7. The minimum absolute atomic E-state index is 0.267. The highest BCUT2D eigenvalue weighted by Gasteiger charge is 2.19. The number of amides is 2. The van der Waals surface area contributed by atoms with Gasteiger partial charge in [0.05, 0.1) is 23.6 Å². The number of hydrogen-bond donors (Lipinski definition) is 5. The van der Waals surface area contributed by atoms with E-state index in [1.807, 2.05) is 0 Å². The fourth-order valence-corrected chi connectivity index (χ4v) is 2.98. The van der Waals surface area contributed by atoms with Crippen LogP contribution in [0.5, 0.6) is 0 Å². The molecule has 0 aromatic carbocycles. The summed E-state index contributed by atoms with van der Waals surface area (Å²) < 4.78 is 8.53. The first-order valence-corrected chi connectivity index (χ1v) is 10.5. The van der Waals surface area contributed by atoms with E-state index in [4.69, 9.17) is 10.5 Å². The van der Waals surface area contributed by atoms with Crippen molar-refractivity contribution in [3.05, 3.63) is 48.7 Å². The SMILES string of the molecule is C=CN(C)/C(CNc1cc(C(N)=O)n(C)c1)=N\NC(O)c1cc(NC(=O)OC(C)(C)C)cn1C. The van der Waals surface area contributed by atoms with Crippen molar-refractivity contribution in [3.63, 3.8) is 0 Å². The first kappa shape index (κ1) is 26.3. The number of anilines is 2. The number of hydrazone groups is 1. The van der Waals surface area contributed by atoms with Crippen molar-refractivity contribution in [2.24, 2.45) is 24.9 Å². The summed E-state index contributed by atoms with van der Waals surface area (Å²) in [4.78, 5) is 25.1. The molecule has 2 heterocycles. The number of nitrogens with one attached hydrogen (secondary N) is 3. The first-order valence-electron chi connectivity index (χ1n) is 10.5. The van der Waals surface area contributed by atoms with Crippen molar-refractivity contribution in [1.29, 1.82) is 0 Å². The first-order chi connectivity index (χ1) is 15.8. The van der Waals surface area contributed by atoms with Gasteiger partial charge in [0.15, 0.2) is 6.23 Å². The van der Waals surface area contributed by atoms with Crippen molar-refractivity contribution in [2.75, 3.05) is 24.2 Å². The smallest absolute Gasteiger partial charge is 0.412 e. The summed E-state index contributed by atoms with van der Waals surface area (Å²) in [5.41, 5.74) is 9.42. The molecular formula is C22H34N8O4. The van der Waals surface area contributed by atoms with Crippen LogP contribution in [0.1, 0.15) is 43.2 Å². The Bertz CT molecular complexity index is 1060. The maximum atomic E-state index is 12.0.